The Morgan fingerprint density at radius 1 is 1.16 bits per heavy atom. The fourth-order valence-electron chi connectivity index (χ4n) is 5.57. The quantitative estimate of drug-likeness (QED) is 0.453. The summed E-state index contributed by atoms with van der Waals surface area (Å²) in [6.45, 7) is 6.37. The first-order valence-corrected chi connectivity index (χ1v) is 13.4. The zero-order chi connectivity index (χ0) is 27.6. The predicted octanol–water partition coefficient (Wildman–Crippen LogP) is 5.62. The Morgan fingerprint density at radius 2 is 1.82 bits per heavy atom. The molecular weight excluding hydrogens is 509 g/mol. The summed E-state index contributed by atoms with van der Waals surface area (Å²) in [6.07, 6.45) is 3.04. The van der Waals surface area contributed by atoms with Gasteiger partial charge in [0.05, 0.1) is 12.5 Å². The predicted molar refractivity (Wildman–Crippen MR) is 144 cm³/mol. The number of carboxylic acid groups (broad SMARTS) is 1. The lowest BCUT2D eigenvalue weighted by atomic mass is 9.76. The largest absolute Gasteiger partial charge is 0.481 e. The van der Waals surface area contributed by atoms with Gasteiger partial charge in [-0.25, -0.2) is 4.39 Å². The van der Waals surface area contributed by atoms with Gasteiger partial charge in [0, 0.05) is 22.7 Å². The van der Waals surface area contributed by atoms with Crippen molar-refractivity contribution in [2.75, 3.05) is 6.54 Å². The molecule has 1 fully saturated rings. The second-order valence-corrected chi connectivity index (χ2v) is 11.0. The van der Waals surface area contributed by atoms with Crippen LogP contribution in [0.3, 0.4) is 0 Å². The monoisotopic (exact) mass is 541 g/mol. The van der Waals surface area contributed by atoms with Crippen LogP contribution in [0, 0.1) is 17.7 Å². The van der Waals surface area contributed by atoms with Gasteiger partial charge in [-0.2, -0.15) is 0 Å². The normalized spacial score (nSPS) is 22.1. The van der Waals surface area contributed by atoms with Crippen LogP contribution in [-0.4, -0.2) is 45.7 Å². The van der Waals surface area contributed by atoms with E-state index in [1.54, 1.807) is 29.2 Å². The Hall–Kier alpha value is -3.26. The number of halogens is 2. The van der Waals surface area contributed by atoms with Crippen LogP contribution in [0.1, 0.15) is 80.4 Å². The van der Waals surface area contributed by atoms with Crippen LogP contribution in [0.2, 0.25) is 5.02 Å². The molecule has 1 spiro atoms. The van der Waals surface area contributed by atoms with E-state index in [2.05, 4.69) is 19.2 Å². The van der Waals surface area contributed by atoms with Crippen LogP contribution < -0.4 is 5.32 Å². The molecule has 1 heterocycles. The van der Waals surface area contributed by atoms with Crippen LogP contribution in [0.15, 0.2) is 47.5 Å². The molecular formula is C29H33ClFN3O4. The van der Waals surface area contributed by atoms with Crippen molar-refractivity contribution in [3.05, 3.63) is 70.0 Å². The molecule has 0 bridgehead atoms. The number of amides is 2. The number of carbonyl (C=O) groups excluding carboxylic acids is 2. The van der Waals surface area contributed by atoms with Crippen molar-refractivity contribution < 1.29 is 23.9 Å². The van der Waals surface area contributed by atoms with E-state index in [1.165, 1.54) is 18.2 Å². The summed E-state index contributed by atoms with van der Waals surface area (Å²) in [6, 6.07) is 10.7. The highest BCUT2D eigenvalue weighted by Crippen LogP contribution is 2.47. The Labute approximate surface area is 227 Å². The minimum Gasteiger partial charge on any atom is -0.481 e. The third kappa shape index (κ3) is 5.60. The van der Waals surface area contributed by atoms with Crippen LogP contribution >= 0.6 is 11.6 Å². The molecule has 2 amide bonds. The zero-order valence-electron chi connectivity index (χ0n) is 21.8. The molecule has 1 aliphatic carbocycles. The van der Waals surface area contributed by atoms with Gasteiger partial charge in [0.15, 0.2) is 0 Å². The summed E-state index contributed by atoms with van der Waals surface area (Å²) in [7, 11) is 0. The molecule has 1 atom stereocenters. The molecule has 1 aliphatic heterocycles. The molecule has 2 aliphatic rings. The zero-order valence-corrected chi connectivity index (χ0v) is 22.6. The summed E-state index contributed by atoms with van der Waals surface area (Å²) in [5.74, 6) is -1.17. The number of hydrogen-bond acceptors (Lipinski definition) is 4. The number of rotatable bonds is 8. The first-order chi connectivity index (χ1) is 18.0. The van der Waals surface area contributed by atoms with Crippen molar-refractivity contribution in [1.29, 1.82) is 0 Å². The standard InChI is InChI=1S/C29H33ClFN3O4/c1-17(2)19-10-13-29(14-11-19)33-26(23-16-22(30)8-9-24(23)31)28(38)34(29)18(3)20-4-6-21(7-5-20)27(37)32-15-12-25(35)36/h4-9,16-19H,10-15H2,1-3H3,(H,32,37)(H,35,36)/t18-,19?,29?/m1/s1. The molecule has 2 aromatic carbocycles. The van der Waals surface area contributed by atoms with Gasteiger partial charge >= 0.3 is 5.97 Å². The van der Waals surface area contributed by atoms with Gasteiger partial charge in [-0.3, -0.25) is 19.4 Å². The van der Waals surface area contributed by atoms with Gasteiger partial charge in [0.2, 0.25) is 0 Å². The summed E-state index contributed by atoms with van der Waals surface area (Å²) in [5.41, 5.74) is 0.627. The van der Waals surface area contributed by atoms with Crippen molar-refractivity contribution in [1.82, 2.24) is 10.2 Å². The summed E-state index contributed by atoms with van der Waals surface area (Å²) >= 11 is 6.15. The Balaban J connectivity index is 1.63. The van der Waals surface area contributed by atoms with E-state index < -0.39 is 17.4 Å². The van der Waals surface area contributed by atoms with Crippen molar-refractivity contribution in [2.45, 2.75) is 64.6 Å². The SMILES string of the molecule is CC(C)C1CCC2(CC1)N=C(c1cc(Cl)ccc1F)C(=O)N2[C@H](C)c1ccc(C(=O)NCCC(=O)O)cc1. The Kier molecular flexibility index (Phi) is 8.21. The number of aliphatic imine (C=N–C) groups is 1. The molecule has 2 aromatic rings. The number of aliphatic carboxylic acids is 1. The molecule has 0 saturated heterocycles. The van der Waals surface area contributed by atoms with Gasteiger partial charge in [-0.1, -0.05) is 37.6 Å². The van der Waals surface area contributed by atoms with E-state index in [9.17, 15) is 18.8 Å². The lowest BCUT2D eigenvalue weighted by Gasteiger charge is -2.45. The highest BCUT2D eigenvalue weighted by molar-refractivity contribution is 6.47. The molecule has 1 saturated carbocycles. The molecule has 7 nitrogen and oxygen atoms in total. The third-order valence-electron chi connectivity index (χ3n) is 7.81. The number of nitrogens with one attached hydrogen (secondary N) is 1. The number of carboxylic acids is 1. The molecule has 38 heavy (non-hydrogen) atoms. The third-order valence-corrected chi connectivity index (χ3v) is 8.05. The van der Waals surface area contributed by atoms with Crippen molar-refractivity contribution in [3.63, 3.8) is 0 Å². The van der Waals surface area contributed by atoms with Gasteiger partial charge in [-0.05, 0) is 80.3 Å². The number of nitrogens with zero attached hydrogens (tertiary/aromatic N) is 2. The maximum atomic E-state index is 14.8. The second-order valence-electron chi connectivity index (χ2n) is 10.5. The average Bonchev–Trinajstić information content (AvgIpc) is 3.16. The molecule has 0 unspecified atom stereocenters. The van der Waals surface area contributed by atoms with Gasteiger partial charge < -0.3 is 15.3 Å². The van der Waals surface area contributed by atoms with Crippen molar-refractivity contribution >= 4 is 35.1 Å². The van der Waals surface area contributed by atoms with Crippen molar-refractivity contribution in [2.24, 2.45) is 16.8 Å². The summed E-state index contributed by atoms with van der Waals surface area (Å²) in [4.78, 5) is 43.7. The first-order valence-electron chi connectivity index (χ1n) is 13.0. The van der Waals surface area contributed by atoms with E-state index in [0.29, 0.717) is 35.3 Å². The van der Waals surface area contributed by atoms with Crippen molar-refractivity contribution in [3.8, 4) is 0 Å². The molecule has 2 N–H and O–H groups in total. The lowest BCUT2D eigenvalue weighted by Crippen LogP contribution is -2.50. The molecule has 0 radical (unpaired) electrons. The fourth-order valence-corrected chi connectivity index (χ4v) is 5.74. The maximum absolute atomic E-state index is 14.8. The highest BCUT2D eigenvalue weighted by atomic mass is 35.5. The van der Waals surface area contributed by atoms with E-state index in [0.717, 1.165) is 18.4 Å². The average molecular weight is 542 g/mol. The minimum atomic E-state index is -0.986. The Bertz CT molecular complexity index is 1250. The van der Waals surface area contributed by atoms with Gasteiger partial charge in [-0.15, -0.1) is 0 Å². The maximum Gasteiger partial charge on any atom is 0.305 e. The number of hydrogen-bond donors (Lipinski definition) is 2. The van der Waals surface area contributed by atoms with Crippen LogP contribution in [-0.2, 0) is 9.59 Å². The molecule has 0 aromatic heterocycles. The first kappa shape index (κ1) is 27.8. The Morgan fingerprint density at radius 3 is 2.42 bits per heavy atom. The molecule has 4 rings (SSSR count). The van der Waals surface area contributed by atoms with Crippen LogP contribution in [0.25, 0.3) is 0 Å². The van der Waals surface area contributed by atoms with E-state index in [4.69, 9.17) is 21.7 Å². The van der Waals surface area contributed by atoms with E-state index >= 15 is 0 Å². The summed E-state index contributed by atoms with van der Waals surface area (Å²) in [5, 5.41) is 11.7. The summed E-state index contributed by atoms with van der Waals surface area (Å²) < 4.78 is 14.8. The smallest absolute Gasteiger partial charge is 0.305 e. The van der Waals surface area contributed by atoms with E-state index in [-0.39, 0.29) is 42.1 Å². The highest BCUT2D eigenvalue weighted by Gasteiger charge is 2.51. The van der Waals surface area contributed by atoms with E-state index in [1.807, 2.05) is 6.92 Å². The van der Waals surface area contributed by atoms with Crippen LogP contribution in [0.5, 0.6) is 0 Å². The minimum absolute atomic E-state index is 0.0364. The second kappa shape index (κ2) is 11.2. The molecule has 9 heteroatoms. The number of carbonyl (C=O) groups is 3. The van der Waals surface area contributed by atoms with Crippen LogP contribution in [0.4, 0.5) is 4.39 Å². The number of benzene rings is 2. The topological polar surface area (TPSA) is 99.1 Å². The fraction of sp³-hybridized carbons (Fsp3) is 0.448. The molecule has 202 valence electrons. The van der Waals surface area contributed by atoms with Gasteiger partial charge in [0.1, 0.15) is 17.2 Å². The lowest BCUT2D eigenvalue weighted by molar-refractivity contribution is -0.137. The van der Waals surface area contributed by atoms with Gasteiger partial charge in [0.25, 0.3) is 11.8 Å².